The molecule has 0 fully saturated rings. The molecule has 0 aromatic heterocycles. The number of rotatable bonds is 6. The lowest BCUT2D eigenvalue weighted by molar-refractivity contribution is 0.0946. The Morgan fingerprint density at radius 3 is 2.05 bits per heavy atom. The second-order valence-corrected chi connectivity index (χ2v) is 3.87. The van der Waals surface area contributed by atoms with Crippen LogP contribution in [-0.2, 0) is 0 Å². The number of hydrogen-bond donors (Lipinski definition) is 0. The van der Waals surface area contributed by atoms with E-state index >= 15 is 0 Å². The summed E-state index contributed by atoms with van der Waals surface area (Å²) >= 11 is 0. The van der Waals surface area contributed by atoms with E-state index in [1.54, 1.807) is 19.1 Å². The minimum absolute atomic E-state index is 0.246. The lowest BCUT2D eigenvalue weighted by Crippen LogP contribution is -2.12. The number of nitriles is 1. The Balaban J connectivity index is 3.31. The fourth-order valence-corrected chi connectivity index (χ4v) is 1.76. The number of Topliss-reactive ketones (excluding diaryl/α,β-unsaturated/α-hetero) is 1. The molecule has 5 nitrogen and oxygen atoms in total. The maximum Gasteiger partial charge on any atom is 0.203 e. The van der Waals surface area contributed by atoms with E-state index in [1.807, 2.05) is 6.07 Å². The first kappa shape index (κ1) is 14.8. The van der Waals surface area contributed by atoms with E-state index in [0.717, 1.165) is 0 Å². The predicted octanol–water partition coefficient (Wildman–Crippen LogP) is 2.44. The van der Waals surface area contributed by atoms with Crippen LogP contribution in [-0.4, -0.2) is 27.1 Å². The van der Waals surface area contributed by atoms with E-state index in [9.17, 15) is 4.79 Å². The third-order valence-electron chi connectivity index (χ3n) is 2.83. The number of carbonyl (C=O) groups excluding carboxylic acids is 1. The fourth-order valence-electron chi connectivity index (χ4n) is 1.76. The topological polar surface area (TPSA) is 68.6 Å². The second kappa shape index (κ2) is 6.64. The normalized spacial score (nSPS) is 11.3. The highest BCUT2D eigenvalue weighted by Gasteiger charge is 2.22. The molecule has 1 aromatic rings. The van der Waals surface area contributed by atoms with Crippen LogP contribution in [0.15, 0.2) is 12.1 Å². The zero-order chi connectivity index (χ0) is 14.4. The van der Waals surface area contributed by atoms with Crippen LogP contribution in [0.5, 0.6) is 17.2 Å². The molecule has 1 atom stereocenters. The standard InChI is InChI=1S/C14H17NO4/c1-5-9(8-15)13(16)10-6-11(17-2)14(19-4)12(7-10)18-3/h6-7,9H,5H2,1-4H3. The Labute approximate surface area is 112 Å². The van der Waals surface area contributed by atoms with Gasteiger partial charge in [0.05, 0.1) is 27.4 Å². The second-order valence-electron chi connectivity index (χ2n) is 3.87. The van der Waals surface area contributed by atoms with Crippen LogP contribution in [0.3, 0.4) is 0 Å². The number of nitrogens with zero attached hydrogens (tertiary/aromatic N) is 1. The van der Waals surface area contributed by atoms with Crippen molar-refractivity contribution in [3.05, 3.63) is 17.7 Å². The number of ether oxygens (including phenoxy) is 3. The van der Waals surface area contributed by atoms with Gasteiger partial charge in [-0.2, -0.15) is 5.26 Å². The molecular formula is C14H17NO4. The van der Waals surface area contributed by atoms with E-state index < -0.39 is 5.92 Å². The minimum Gasteiger partial charge on any atom is -0.493 e. The molecule has 0 spiro atoms. The van der Waals surface area contributed by atoms with Crippen LogP contribution in [0.2, 0.25) is 0 Å². The number of benzene rings is 1. The maximum absolute atomic E-state index is 12.2. The molecule has 0 amide bonds. The van der Waals surface area contributed by atoms with E-state index in [1.165, 1.54) is 21.3 Å². The lowest BCUT2D eigenvalue weighted by Gasteiger charge is -2.14. The Kier molecular flexibility index (Phi) is 5.19. The van der Waals surface area contributed by atoms with Gasteiger partial charge < -0.3 is 14.2 Å². The van der Waals surface area contributed by atoms with Crippen LogP contribution >= 0.6 is 0 Å². The van der Waals surface area contributed by atoms with E-state index in [-0.39, 0.29) is 5.78 Å². The van der Waals surface area contributed by atoms with Crippen molar-refractivity contribution in [2.45, 2.75) is 13.3 Å². The van der Waals surface area contributed by atoms with Crippen molar-refractivity contribution < 1.29 is 19.0 Å². The highest BCUT2D eigenvalue weighted by Crippen LogP contribution is 2.38. The molecule has 0 bridgehead atoms. The number of carbonyl (C=O) groups is 1. The largest absolute Gasteiger partial charge is 0.493 e. The van der Waals surface area contributed by atoms with E-state index in [4.69, 9.17) is 19.5 Å². The highest BCUT2D eigenvalue weighted by atomic mass is 16.5. The fraction of sp³-hybridized carbons (Fsp3) is 0.429. The maximum atomic E-state index is 12.2. The molecule has 0 heterocycles. The molecule has 0 saturated carbocycles. The molecule has 0 saturated heterocycles. The molecule has 1 aromatic carbocycles. The number of hydrogen-bond acceptors (Lipinski definition) is 5. The van der Waals surface area contributed by atoms with Gasteiger partial charge >= 0.3 is 0 Å². The quantitative estimate of drug-likeness (QED) is 0.737. The van der Waals surface area contributed by atoms with Crippen molar-refractivity contribution in [3.8, 4) is 23.3 Å². The summed E-state index contributed by atoms with van der Waals surface area (Å²) in [6.45, 7) is 1.80. The van der Waals surface area contributed by atoms with Crippen LogP contribution in [0.25, 0.3) is 0 Å². The van der Waals surface area contributed by atoms with Gasteiger partial charge in [-0.25, -0.2) is 0 Å². The van der Waals surface area contributed by atoms with Crippen LogP contribution in [0.1, 0.15) is 23.7 Å². The molecule has 0 aliphatic carbocycles. The summed E-state index contributed by atoms with van der Waals surface area (Å²) in [6.07, 6.45) is 0.464. The number of methoxy groups -OCH3 is 3. The Hall–Kier alpha value is -2.22. The molecule has 5 heteroatoms. The van der Waals surface area contributed by atoms with Crippen molar-refractivity contribution in [2.75, 3.05) is 21.3 Å². The molecular weight excluding hydrogens is 246 g/mol. The summed E-state index contributed by atoms with van der Waals surface area (Å²) in [5.74, 6) is 0.314. The zero-order valence-corrected chi connectivity index (χ0v) is 11.5. The van der Waals surface area contributed by atoms with Gasteiger partial charge in [-0.3, -0.25) is 4.79 Å². The zero-order valence-electron chi connectivity index (χ0n) is 11.5. The highest BCUT2D eigenvalue weighted by molar-refractivity contribution is 6.00. The van der Waals surface area contributed by atoms with E-state index in [0.29, 0.717) is 29.2 Å². The first-order valence-electron chi connectivity index (χ1n) is 5.86. The Morgan fingerprint density at radius 1 is 1.21 bits per heavy atom. The molecule has 102 valence electrons. The van der Waals surface area contributed by atoms with Crippen molar-refractivity contribution in [1.29, 1.82) is 5.26 Å². The first-order valence-corrected chi connectivity index (χ1v) is 5.86. The molecule has 0 N–H and O–H groups in total. The van der Waals surface area contributed by atoms with Gasteiger partial charge in [0.25, 0.3) is 0 Å². The molecule has 0 aliphatic heterocycles. The third-order valence-corrected chi connectivity index (χ3v) is 2.83. The van der Waals surface area contributed by atoms with Gasteiger partial charge in [-0.05, 0) is 18.6 Å². The monoisotopic (exact) mass is 263 g/mol. The molecule has 1 unspecified atom stereocenters. The summed E-state index contributed by atoms with van der Waals surface area (Å²) in [4.78, 5) is 12.2. The number of ketones is 1. The van der Waals surface area contributed by atoms with Crippen molar-refractivity contribution in [3.63, 3.8) is 0 Å². The van der Waals surface area contributed by atoms with Gasteiger partial charge in [0.1, 0.15) is 5.92 Å². The smallest absolute Gasteiger partial charge is 0.203 e. The Bertz CT molecular complexity index is 480. The predicted molar refractivity (Wildman–Crippen MR) is 69.8 cm³/mol. The SMILES string of the molecule is CCC(C#N)C(=O)c1cc(OC)c(OC)c(OC)c1. The van der Waals surface area contributed by atoms with Crippen LogP contribution in [0, 0.1) is 17.2 Å². The van der Waals surface area contributed by atoms with Crippen molar-refractivity contribution >= 4 is 5.78 Å². The summed E-state index contributed by atoms with van der Waals surface area (Å²) < 4.78 is 15.5. The van der Waals surface area contributed by atoms with Gasteiger partial charge in [0, 0.05) is 5.56 Å². The third kappa shape index (κ3) is 2.97. The van der Waals surface area contributed by atoms with Crippen LogP contribution in [0.4, 0.5) is 0 Å². The molecule has 19 heavy (non-hydrogen) atoms. The molecule has 0 aliphatic rings. The first-order chi connectivity index (χ1) is 9.12. The van der Waals surface area contributed by atoms with Crippen molar-refractivity contribution in [1.82, 2.24) is 0 Å². The van der Waals surface area contributed by atoms with Gasteiger partial charge in [-0.1, -0.05) is 6.92 Å². The Morgan fingerprint density at radius 2 is 1.74 bits per heavy atom. The van der Waals surface area contributed by atoms with Crippen LogP contribution < -0.4 is 14.2 Å². The molecule has 1 rings (SSSR count). The summed E-state index contributed by atoms with van der Waals surface area (Å²) in [6, 6.07) is 5.11. The average molecular weight is 263 g/mol. The summed E-state index contributed by atoms with van der Waals surface area (Å²) in [7, 11) is 4.45. The summed E-state index contributed by atoms with van der Waals surface area (Å²) in [5, 5.41) is 8.95. The lowest BCUT2D eigenvalue weighted by atomic mass is 9.96. The van der Waals surface area contributed by atoms with Gasteiger partial charge in [-0.15, -0.1) is 0 Å². The summed E-state index contributed by atoms with van der Waals surface area (Å²) in [5.41, 5.74) is 0.378. The minimum atomic E-state index is -0.664. The van der Waals surface area contributed by atoms with Gasteiger partial charge in [0.15, 0.2) is 17.3 Å². The average Bonchev–Trinajstić information content (AvgIpc) is 2.46. The van der Waals surface area contributed by atoms with E-state index in [2.05, 4.69) is 0 Å². The van der Waals surface area contributed by atoms with Gasteiger partial charge in [0.2, 0.25) is 5.75 Å². The van der Waals surface area contributed by atoms with Crippen molar-refractivity contribution in [2.24, 2.45) is 5.92 Å². The molecule has 0 radical (unpaired) electrons.